The summed E-state index contributed by atoms with van der Waals surface area (Å²) in [7, 11) is 1.78. The summed E-state index contributed by atoms with van der Waals surface area (Å²) < 4.78 is 2.19. The molecule has 2 aromatic rings. The molecule has 1 aliphatic carbocycles. The highest BCUT2D eigenvalue weighted by atomic mass is 32.1. The Kier molecular flexibility index (Phi) is 7.68. The standard InChI is InChI=1S/C26H35N3O3S/c1-19-15-23(30)25(26(32)27(2)17-21-10-14-33-18-21)22(16-20-7-3-4-8-20)29(19)13-6-12-28-11-5-9-24(28)31/h10,14-15,18,20H,3-9,11-13,16-17H2,1-2H3. The quantitative estimate of drug-likeness (QED) is 0.552. The highest BCUT2D eigenvalue weighted by Crippen LogP contribution is 2.29. The van der Waals surface area contributed by atoms with Gasteiger partial charge in [0.2, 0.25) is 5.91 Å². The van der Waals surface area contributed by atoms with Gasteiger partial charge in [0.15, 0.2) is 5.43 Å². The predicted molar refractivity (Wildman–Crippen MR) is 132 cm³/mol. The monoisotopic (exact) mass is 469 g/mol. The van der Waals surface area contributed by atoms with Crippen LogP contribution in [0.1, 0.15) is 72.3 Å². The number of likely N-dealkylation sites (tertiary alicyclic amines) is 1. The van der Waals surface area contributed by atoms with Gasteiger partial charge in [-0.15, -0.1) is 0 Å². The molecule has 2 aliphatic rings. The van der Waals surface area contributed by atoms with Gasteiger partial charge in [0, 0.05) is 57.1 Å². The first kappa shape index (κ1) is 23.7. The maximum Gasteiger partial charge on any atom is 0.259 e. The van der Waals surface area contributed by atoms with Crippen LogP contribution >= 0.6 is 11.3 Å². The van der Waals surface area contributed by atoms with E-state index in [9.17, 15) is 14.4 Å². The lowest BCUT2D eigenvalue weighted by atomic mass is 9.96. The number of hydrogen-bond donors (Lipinski definition) is 0. The van der Waals surface area contributed by atoms with E-state index in [4.69, 9.17) is 0 Å². The molecule has 0 atom stereocenters. The van der Waals surface area contributed by atoms with Gasteiger partial charge in [0.1, 0.15) is 5.56 Å². The van der Waals surface area contributed by atoms with Gasteiger partial charge in [-0.25, -0.2) is 0 Å². The molecule has 7 heteroatoms. The van der Waals surface area contributed by atoms with Crippen LogP contribution in [0.5, 0.6) is 0 Å². The average Bonchev–Trinajstić information content (AvgIpc) is 3.54. The maximum absolute atomic E-state index is 13.5. The normalized spacial score (nSPS) is 16.7. The highest BCUT2D eigenvalue weighted by Gasteiger charge is 2.27. The fourth-order valence-corrected chi connectivity index (χ4v) is 6.01. The number of thiophene rings is 1. The van der Waals surface area contributed by atoms with Crippen molar-refractivity contribution in [3.63, 3.8) is 0 Å². The molecule has 2 fully saturated rings. The third-order valence-corrected chi connectivity index (χ3v) is 7.86. The number of aromatic nitrogens is 1. The van der Waals surface area contributed by atoms with Crippen molar-refractivity contribution in [3.8, 4) is 0 Å². The zero-order chi connectivity index (χ0) is 23.4. The molecular weight excluding hydrogens is 434 g/mol. The lowest BCUT2D eigenvalue weighted by Gasteiger charge is -2.25. The first-order chi connectivity index (χ1) is 15.9. The summed E-state index contributed by atoms with van der Waals surface area (Å²) in [5, 5.41) is 4.04. The lowest BCUT2D eigenvalue weighted by Crippen LogP contribution is -2.35. The molecule has 0 N–H and O–H groups in total. The van der Waals surface area contributed by atoms with Crippen LogP contribution in [0.25, 0.3) is 0 Å². The summed E-state index contributed by atoms with van der Waals surface area (Å²) >= 11 is 1.61. The zero-order valence-corrected chi connectivity index (χ0v) is 20.7. The van der Waals surface area contributed by atoms with Crippen molar-refractivity contribution in [2.45, 2.75) is 71.4 Å². The number of nitrogens with zero attached hydrogens (tertiary/aromatic N) is 3. The minimum atomic E-state index is -0.192. The van der Waals surface area contributed by atoms with Crippen molar-refractivity contribution in [3.05, 3.63) is 55.6 Å². The molecule has 0 bridgehead atoms. The summed E-state index contributed by atoms with van der Waals surface area (Å²) in [6, 6.07) is 3.63. The number of aryl methyl sites for hydroxylation is 1. The van der Waals surface area contributed by atoms with E-state index >= 15 is 0 Å². The first-order valence-electron chi connectivity index (χ1n) is 12.2. The van der Waals surface area contributed by atoms with E-state index in [2.05, 4.69) is 4.57 Å². The Bertz CT molecular complexity index is 1040. The molecule has 2 amide bonds. The number of carbonyl (C=O) groups is 2. The molecule has 1 saturated carbocycles. The molecule has 2 aromatic heterocycles. The number of hydrogen-bond acceptors (Lipinski definition) is 4. The van der Waals surface area contributed by atoms with Gasteiger partial charge in [0.25, 0.3) is 5.91 Å². The van der Waals surface area contributed by atoms with Gasteiger partial charge >= 0.3 is 0 Å². The molecule has 6 nitrogen and oxygen atoms in total. The van der Waals surface area contributed by atoms with Crippen molar-refractivity contribution in [2.75, 3.05) is 20.1 Å². The van der Waals surface area contributed by atoms with Crippen molar-refractivity contribution in [2.24, 2.45) is 5.92 Å². The second-order valence-corrected chi connectivity index (χ2v) is 10.4. The number of amides is 2. The number of carbonyl (C=O) groups excluding carboxylic acids is 2. The highest BCUT2D eigenvalue weighted by molar-refractivity contribution is 7.07. The maximum atomic E-state index is 13.5. The van der Waals surface area contributed by atoms with E-state index < -0.39 is 0 Å². The van der Waals surface area contributed by atoms with Crippen molar-refractivity contribution < 1.29 is 9.59 Å². The summed E-state index contributed by atoms with van der Waals surface area (Å²) in [6.07, 6.45) is 7.94. The Hall–Kier alpha value is -2.41. The Morgan fingerprint density at radius 2 is 1.97 bits per heavy atom. The third-order valence-electron chi connectivity index (χ3n) is 7.12. The molecular formula is C26H35N3O3S. The second-order valence-electron chi connectivity index (χ2n) is 9.61. The molecule has 0 aromatic carbocycles. The largest absolute Gasteiger partial charge is 0.348 e. The minimum absolute atomic E-state index is 0.173. The minimum Gasteiger partial charge on any atom is -0.348 e. The van der Waals surface area contributed by atoms with E-state index in [1.54, 1.807) is 29.4 Å². The van der Waals surface area contributed by atoms with E-state index in [0.29, 0.717) is 31.0 Å². The number of rotatable bonds is 9. The first-order valence-corrected chi connectivity index (χ1v) is 13.2. The van der Waals surface area contributed by atoms with Crippen LogP contribution in [-0.4, -0.2) is 46.3 Å². The van der Waals surface area contributed by atoms with Crippen molar-refractivity contribution in [1.29, 1.82) is 0 Å². The molecule has 178 valence electrons. The molecule has 0 spiro atoms. The second kappa shape index (κ2) is 10.7. The van der Waals surface area contributed by atoms with Gasteiger partial charge in [-0.3, -0.25) is 14.4 Å². The van der Waals surface area contributed by atoms with Gasteiger partial charge < -0.3 is 14.4 Å². The van der Waals surface area contributed by atoms with E-state index in [1.165, 1.54) is 12.8 Å². The van der Waals surface area contributed by atoms with Crippen LogP contribution in [-0.2, 0) is 24.3 Å². The van der Waals surface area contributed by atoms with Crippen LogP contribution < -0.4 is 5.43 Å². The Morgan fingerprint density at radius 3 is 2.64 bits per heavy atom. The summed E-state index contributed by atoms with van der Waals surface area (Å²) in [5.41, 5.74) is 3.03. The van der Waals surface area contributed by atoms with E-state index in [0.717, 1.165) is 62.1 Å². The molecule has 1 saturated heterocycles. The van der Waals surface area contributed by atoms with Crippen LogP contribution in [0, 0.1) is 12.8 Å². The van der Waals surface area contributed by atoms with Crippen molar-refractivity contribution in [1.82, 2.24) is 14.4 Å². The SMILES string of the molecule is Cc1cc(=O)c(C(=O)N(C)Cc2ccsc2)c(CC2CCCC2)n1CCCN1CCCC1=O. The third kappa shape index (κ3) is 5.57. The zero-order valence-electron chi connectivity index (χ0n) is 19.8. The van der Waals surface area contributed by atoms with Crippen LogP contribution in [0.4, 0.5) is 0 Å². The fourth-order valence-electron chi connectivity index (χ4n) is 5.35. The van der Waals surface area contributed by atoms with Crippen molar-refractivity contribution >= 4 is 23.2 Å². The summed E-state index contributed by atoms with van der Waals surface area (Å²) in [6.45, 7) is 4.74. The molecule has 3 heterocycles. The molecule has 4 rings (SSSR count). The number of pyridine rings is 1. The van der Waals surface area contributed by atoms with Crippen LogP contribution in [0.3, 0.4) is 0 Å². The van der Waals surface area contributed by atoms with Crippen LogP contribution in [0.15, 0.2) is 27.7 Å². The molecule has 33 heavy (non-hydrogen) atoms. The van der Waals surface area contributed by atoms with Gasteiger partial charge in [0.05, 0.1) is 0 Å². The summed E-state index contributed by atoms with van der Waals surface area (Å²) in [4.78, 5) is 42.3. The topological polar surface area (TPSA) is 62.6 Å². The molecule has 0 unspecified atom stereocenters. The Morgan fingerprint density at radius 1 is 1.18 bits per heavy atom. The van der Waals surface area contributed by atoms with E-state index in [-0.39, 0.29) is 17.2 Å². The Labute approximate surface area is 200 Å². The van der Waals surface area contributed by atoms with Gasteiger partial charge in [-0.2, -0.15) is 11.3 Å². The van der Waals surface area contributed by atoms with Gasteiger partial charge in [-0.05, 0) is 54.5 Å². The summed E-state index contributed by atoms with van der Waals surface area (Å²) in [5.74, 6) is 0.567. The fraction of sp³-hybridized carbons (Fsp3) is 0.577. The molecule has 0 radical (unpaired) electrons. The van der Waals surface area contributed by atoms with Gasteiger partial charge in [-0.1, -0.05) is 25.7 Å². The van der Waals surface area contributed by atoms with E-state index in [1.807, 2.05) is 28.7 Å². The lowest BCUT2D eigenvalue weighted by molar-refractivity contribution is -0.127. The van der Waals surface area contributed by atoms with Crippen LogP contribution in [0.2, 0.25) is 0 Å². The average molecular weight is 470 g/mol. The Balaban J connectivity index is 1.61. The smallest absolute Gasteiger partial charge is 0.259 e. The predicted octanol–water partition coefficient (Wildman–Crippen LogP) is 4.24. The molecule has 1 aliphatic heterocycles.